The molecule has 1 aromatic rings. The van der Waals surface area contributed by atoms with Gasteiger partial charge in [0.2, 0.25) is 0 Å². The van der Waals surface area contributed by atoms with Gasteiger partial charge in [-0.1, -0.05) is 11.6 Å². The quantitative estimate of drug-likeness (QED) is 0.685. The van der Waals surface area contributed by atoms with E-state index in [0.29, 0.717) is 10.5 Å². The van der Waals surface area contributed by atoms with Crippen molar-refractivity contribution in [1.29, 1.82) is 0 Å². The SMILES string of the molecule is OB(O)c1cn(CC2CC2)cc1Cl. The molecule has 2 N–H and O–H groups in total. The van der Waals surface area contributed by atoms with E-state index in [1.165, 1.54) is 12.8 Å². The van der Waals surface area contributed by atoms with E-state index in [4.69, 9.17) is 21.6 Å². The van der Waals surface area contributed by atoms with E-state index < -0.39 is 7.12 Å². The Morgan fingerprint density at radius 3 is 2.62 bits per heavy atom. The van der Waals surface area contributed by atoms with E-state index in [0.717, 1.165) is 12.5 Å². The molecule has 1 aliphatic rings. The van der Waals surface area contributed by atoms with Crippen LogP contribution in [0.25, 0.3) is 0 Å². The smallest absolute Gasteiger partial charge is 0.423 e. The predicted octanol–water partition coefficient (Wildman–Crippen LogP) is 0.231. The molecule has 0 atom stereocenters. The van der Waals surface area contributed by atoms with E-state index in [1.54, 1.807) is 12.4 Å². The lowest BCUT2D eigenvalue weighted by molar-refractivity contribution is 0.425. The summed E-state index contributed by atoms with van der Waals surface area (Å²) in [6.45, 7) is 0.937. The first-order valence-electron chi connectivity index (χ1n) is 4.38. The molecule has 0 amide bonds. The van der Waals surface area contributed by atoms with Crippen LogP contribution in [0.3, 0.4) is 0 Å². The number of hydrogen-bond acceptors (Lipinski definition) is 2. The average molecular weight is 199 g/mol. The van der Waals surface area contributed by atoms with E-state index in [9.17, 15) is 0 Å². The van der Waals surface area contributed by atoms with Crippen LogP contribution < -0.4 is 5.46 Å². The van der Waals surface area contributed by atoms with Gasteiger partial charge >= 0.3 is 7.12 Å². The van der Waals surface area contributed by atoms with Gasteiger partial charge in [-0.2, -0.15) is 0 Å². The Bertz CT molecular complexity index is 309. The molecule has 3 nitrogen and oxygen atoms in total. The molecule has 0 unspecified atom stereocenters. The lowest BCUT2D eigenvalue weighted by atomic mass is 9.83. The minimum absolute atomic E-state index is 0.391. The van der Waals surface area contributed by atoms with Gasteiger partial charge < -0.3 is 14.6 Å². The summed E-state index contributed by atoms with van der Waals surface area (Å²) in [6, 6.07) is 0. The minimum atomic E-state index is -1.46. The van der Waals surface area contributed by atoms with Gasteiger partial charge in [0, 0.05) is 24.4 Å². The summed E-state index contributed by atoms with van der Waals surface area (Å²) in [6.07, 6.45) is 5.99. The lowest BCUT2D eigenvalue weighted by Crippen LogP contribution is -2.29. The second-order valence-corrected chi connectivity index (χ2v) is 3.98. The van der Waals surface area contributed by atoms with Gasteiger partial charge in [0.1, 0.15) is 0 Å². The van der Waals surface area contributed by atoms with E-state index in [-0.39, 0.29) is 0 Å². The fourth-order valence-corrected chi connectivity index (χ4v) is 1.66. The molecule has 13 heavy (non-hydrogen) atoms. The number of halogens is 1. The zero-order valence-electron chi connectivity index (χ0n) is 7.15. The van der Waals surface area contributed by atoms with Crippen molar-refractivity contribution in [2.24, 2.45) is 5.92 Å². The zero-order chi connectivity index (χ0) is 9.42. The number of rotatable bonds is 3. The first kappa shape index (κ1) is 9.12. The van der Waals surface area contributed by atoms with Gasteiger partial charge in [-0.3, -0.25) is 0 Å². The number of nitrogens with zero attached hydrogens (tertiary/aromatic N) is 1. The highest BCUT2D eigenvalue weighted by Gasteiger charge is 2.23. The highest BCUT2D eigenvalue weighted by molar-refractivity contribution is 6.62. The molecule has 5 heteroatoms. The van der Waals surface area contributed by atoms with Crippen LogP contribution in [0.2, 0.25) is 5.02 Å². The van der Waals surface area contributed by atoms with Crippen LogP contribution in [-0.4, -0.2) is 21.7 Å². The Morgan fingerprint density at radius 2 is 2.15 bits per heavy atom. The summed E-state index contributed by atoms with van der Waals surface area (Å²) in [5.41, 5.74) is 0.391. The van der Waals surface area contributed by atoms with Gasteiger partial charge in [-0.15, -0.1) is 0 Å². The third-order valence-corrected chi connectivity index (χ3v) is 2.62. The molecule has 0 bridgehead atoms. The largest absolute Gasteiger partial charge is 0.491 e. The number of aromatic nitrogens is 1. The third-order valence-electron chi connectivity index (χ3n) is 2.30. The van der Waals surface area contributed by atoms with E-state index in [1.807, 2.05) is 4.57 Å². The van der Waals surface area contributed by atoms with Gasteiger partial charge in [-0.05, 0) is 18.8 Å². The summed E-state index contributed by atoms with van der Waals surface area (Å²) in [5, 5.41) is 18.3. The van der Waals surface area contributed by atoms with Crippen molar-refractivity contribution >= 4 is 24.2 Å². The molecule has 70 valence electrons. The van der Waals surface area contributed by atoms with Gasteiger partial charge in [0.15, 0.2) is 0 Å². The average Bonchev–Trinajstić information content (AvgIpc) is 2.75. The van der Waals surface area contributed by atoms with Crippen molar-refractivity contribution in [3.63, 3.8) is 0 Å². The molecular weight excluding hydrogens is 188 g/mol. The Labute approximate surface area is 82.1 Å². The molecule has 0 saturated heterocycles. The van der Waals surface area contributed by atoms with Crippen LogP contribution in [0.15, 0.2) is 12.4 Å². The maximum atomic E-state index is 8.93. The summed E-state index contributed by atoms with van der Waals surface area (Å²) in [4.78, 5) is 0. The Kier molecular flexibility index (Phi) is 2.36. The minimum Gasteiger partial charge on any atom is -0.423 e. The van der Waals surface area contributed by atoms with Crippen molar-refractivity contribution in [3.8, 4) is 0 Å². The molecule has 1 aliphatic carbocycles. The van der Waals surface area contributed by atoms with E-state index >= 15 is 0 Å². The molecule has 1 heterocycles. The molecule has 1 saturated carbocycles. The van der Waals surface area contributed by atoms with Gasteiger partial charge in [0.25, 0.3) is 0 Å². The molecule has 0 radical (unpaired) electrons. The Balaban J connectivity index is 2.13. The van der Waals surface area contributed by atoms with Crippen molar-refractivity contribution in [2.75, 3.05) is 0 Å². The first-order valence-corrected chi connectivity index (χ1v) is 4.76. The highest BCUT2D eigenvalue weighted by atomic mass is 35.5. The molecule has 0 spiro atoms. The van der Waals surface area contributed by atoms with Crippen molar-refractivity contribution in [1.82, 2.24) is 4.57 Å². The monoisotopic (exact) mass is 199 g/mol. The fraction of sp³-hybridized carbons (Fsp3) is 0.500. The van der Waals surface area contributed by atoms with Crippen LogP contribution in [0.1, 0.15) is 12.8 Å². The molecule has 0 aliphatic heterocycles. The van der Waals surface area contributed by atoms with Crippen LogP contribution >= 0.6 is 11.6 Å². The van der Waals surface area contributed by atoms with Crippen LogP contribution in [-0.2, 0) is 6.54 Å². The first-order chi connectivity index (χ1) is 6.16. The van der Waals surface area contributed by atoms with Crippen molar-refractivity contribution < 1.29 is 10.0 Å². The summed E-state index contributed by atoms with van der Waals surface area (Å²) < 4.78 is 1.93. The highest BCUT2D eigenvalue weighted by Crippen LogP contribution is 2.30. The summed E-state index contributed by atoms with van der Waals surface area (Å²) >= 11 is 5.80. The summed E-state index contributed by atoms with van der Waals surface area (Å²) in [5.74, 6) is 0.757. The molecule has 0 aromatic carbocycles. The Hall–Kier alpha value is -0.445. The second kappa shape index (κ2) is 3.37. The van der Waals surface area contributed by atoms with Crippen molar-refractivity contribution in [2.45, 2.75) is 19.4 Å². The normalized spacial score (nSPS) is 16.2. The molecular formula is C8H11BClNO2. The van der Waals surface area contributed by atoms with Gasteiger partial charge in [0.05, 0.1) is 5.02 Å². The van der Waals surface area contributed by atoms with Gasteiger partial charge in [-0.25, -0.2) is 0 Å². The fourth-order valence-electron chi connectivity index (χ4n) is 1.39. The van der Waals surface area contributed by atoms with E-state index in [2.05, 4.69) is 0 Å². The third kappa shape index (κ3) is 2.07. The maximum absolute atomic E-state index is 8.93. The van der Waals surface area contributed by atoms with Crippen LogP contribution in [0.4, 0.5) is 0 Å². The number of hydrogen-bond donors (Lipinski definition) is 2. The molecule has 2 rings (SSSR count). The maximum Gasteiger partial charge on any atom is 0.491 e. The Morgan fingerprint density at radius 1 is 1.46 bits per heavy atom. The van der Waals surface area contributed by atoms with Crippen molar-refractivity contribution in [3.05, 3.63) is 17.4 Å². The molecule has 1 aromatic heterocycles. The second-order valence-electron chi connectivity index (χ2n) is 3.58. The topological polar surface area (TPSA) is 45.4 Å². The predicted molar refractivity (Wildman–Crippen MR) is 52.0 cm³/mol. The lowest BCUT2D eigenvalue weighted by Gasteiger charge is -1.98. The summed E-state index contributed by atoms with van der Waals surface area (Å²) in [7, 11) is -1.46. The van der Waals surface area contributed by atoms with Crippen LogP contribution in [0, 0.1) is 5.92 Å². The van der Waals surface area contributed by atoms with Crippen LogP contribution in [0.5, 0.6) is 0 Å². The zero-order valence-corrected chi connectivity index (χ0v) is 7.91. The standard InChI is InChI=1S/C8H11BClNO2/c10-8-5-11(3-6-1-2-6)4-7(8)9(12)13/h4-6,12-13H,1-3H2. The molecule has 1 fully saturated rings.